The minimum absolute atomic E-state index is 0.822. The molecule has 0 spiro atoms. The lowest BCUT2D eigenvalue weighted by atomic mass is 9.88. The van der Waals surface area contributed by atoms with Gasteiger partial charge >= 0.3 is 0 Å². The fourth-order valence-electron chi connectivity index (χ4n) is 3.01. The largest absolute Gasteiger partial charge is 0.371 e. The molecule has 2 aliphatic rings. The molecule has 0 unspecified atom stereocenters. The Morgan fingerprint density at radius 1 is 1.00 bits per heavy atom. The zero-order valence-electron chi connectivity index (χ0n) is 11.6. The molecule has 0 bridgehead atoms. The molecule has 2 heteroatoms. The SMILES string of the molecule is CC(C)C1CN(c2cccc(N3CCCC3)c2)C1. The number of benzene rings is 1. The van der Waals surface area contributed by atoms with Gasteiger partial charge in [-0.1, -0.05) is 19.9 Å². The summed E-state index contributed by atoms with van der Waals surface area (Å²) in [5.41, 5.74) is 2.83. The quantitative estimate of drug-likeness (QED) is 0.804. The van der Waals surface area contributed by atoms with E-state index in [1.165, 1.54) is 50.4 Å². The molecular weight excluding hydrogens is 220 g/mol. The normalized spacial score (nSPS) is 20.6. The van der Waals surface area contributed by atoms with E-state index in [2.05, 4.69) is 47.9 Å². The van der Waals surface area contributed by atoms with E-state index in [1.54, 1.807) is 0 Å². The highest BCUT2D eigenvalue weighted by Crippen LogP contribution is 2.32. The molecule has 1 aromatic rings. The molecule has 3 rings (SSSR count). The maximum atomic E-state index is 2.52. The van der Waals surface area contributed by atoms with Crippen molar-refractivity contribution in [3.05, 3.63) is 24.3 Å². The number of hydrogen-bond donors (Lipinski definition) is 0. The molecule has 0 saturated carbocycles. The number of rotatable bonds is 3. The van der Waals surface area contributed by atoms with E-state index in [9.17, 15) is 0 Å². The summed E-state index contributed by atoms with van der Waals surface area (Å²) >= 11 is 0. The molecule has 0 atom stereocenters. The first-order chi connectivity index (χ1) is 8.74. The highest BCUT2D eigenvalue weighted by molar-refractivity contribution is 5.60. The van der Waals surface area contributed by atoms with Gasteiger partial charge in [0.25, 0.3) is 0 Å². The van der Waals surface area contributed by atoms with E-state index < -0.39 is 0 Å². The van der Waals surface area contributed by atoms with Gasteiger partial charge < -0.3 is 9.80 Å². The van der Waals surface area contributed by atoms with E-state index >= 15 is 0 Å². The van der Waals surface area contributed by atoms with Gasteiger partial charge in [0, 0.05) is 37.6 Å². The standard InChI is InChI=1S/C16H24N2/c1-13(2)14-11-18(12-14)16-7-5-6-15(10-16)17-8-3-4-9-17/h5-7,10,13-14H,3-4,8-9,11-12H2,1-2H3. The summed E-state index contributed by atoms with van der Waals surface area (Å²) in [5, 5.41) is 0. The van der Waals surface area contributed by atoms with Gasteiger partial charge in [-0.2, -0.15) is 0 Å². The summed E-state index contributed by atoms with van der Waals surface area (Å²) in [6.45, 7) is 9.61. The van der Waals surface area contributed by atoms with Crippen LogP contribution < -0.4 is 9.80 Å². The summed E-state index contributed by atoms with van der Waals surface area (Å²) in [6, 6.07) is 9.11. The number of anilines is 2. The highest BCUT2D eigenvalue weighted by atomic mass is 15.2. The molecule has 2 heterocycles. The fourth-order valence-corrected chi connectivity index (χ4v) is 3.01. The topological polar surface area (TPSA) is 6.48 Å². The van der Waals surface area contributed by atoms with Crippen molar-refractivity contribution in [2.45, 2.75) is 26.7 Å². The van der Waals surface area contributed by atoms with Crippen LogP contribution in [0.15, 0.2) is 24.3 Å². The fraction of sp³-hybridized carbons (Fsp3) is 0.625. The minimum atomic E-state index is 0.822. The van der Waals surface area contributed by atoms with Gasteiger partial charge in [0.15, 0.2) is 0 Å². The van der Waals surface area contributed by atoms with Gasteiger partial charge in [0.1, 0.15) is 0 Å². The molecule has 0 amide bonds. The van der Waals surface area contributed by atoms with Crippen LogP contribution in [0, 0.1) is 11.8 Å². The monoisotopic (exact) mass is 244 g/mol. The Bertz CT molecular complexity index is 401. The zero-order valence-corrected chi connectivity index (χ0v) is 11.6. The summed E-state index contributed by atoms with van der Waals surface area (Å²) in [7, 11) is 0. The number of nitrogens with zero attached hydrogens (tertiary/aromatic N) is 2. The van der Waals surface area contributed by atoms with Crippen molar-refractivity contribution in [1.29, 1.82) is 0 Å². The minimum Gasteiger partial charge on any atom is -0.371 e. The van der Waals surface area contributed by atoms with Crippen LogP contribution in [0.1, 0.15) is 26.7 Å². The van der Waals surface area contributed by atoms with Crippen LogP contribution in [0.4, 0.5) is 11.4 Å². The molecular formula is C16H24N2. The average molecular weight is 244 g/mol. The Morgan fingerprint density at radius 2 is 1.61 bits per heavy atom. The Balaban J connectivity index is 1.68. The van der Waals surface area contributed by atoms with E-state index in [0.29, 0.717) is 0 Å². The second kappa shape index (κ2) is 4.83. The van der Waals surface area contributed by atoms with E-state index in [0.717, 1.165) is 11.8 Å². The van der Waals surface area contributed by atoms with Crippen molar-refractivity contribution in [2.75, 3.05) is 36.0 Å². The van der Waals surface area contributed by atoms with Crippen LogP contribution in [-0.2, 0) is 0 Å². The third-order valence-electron chi connectivity index (χ3n) is 4.52. The lowest BCUT2D eigenvalue weighted by molar-refractivity contribution is 0.310. The molecule has 98 valence electrons. The molecule has 0 radical (unpaired) electrons. The molecule has 2 aliphatic heterocycles. The van der Waals surface area contributed by atoms with E-state index in [-0.39, 0.29) is 0 Å². The molecule has 1 aromatic carbocycles. The maximum Gasteiger partial charge on any atom is 0.0387 e. The smallest absolute Gasteiger partial charge is 0.0387 e. The van der Waals surface area contributed by atoms with Gasteiger partial charge in [-0.25, -0.2) is 0 Å². The molecule has 2 saturated heterocycles. The van der Waals surface area contributed by atoms with Crippen LogP contribution in [0.5, 0.6) is 0 Å². The van der Waals surface area contributed by atoms with Crippen LogP contribution in [0.25, 0.3) is 0 Å². The predicted octanol–water partition coefficient (Wildman–Crippen LogP) is 3.38. The maximum absolute atomic E-state index is 2.52. The Hall–Kier alpha value is -1.18. The second-order valence-electron chi connectivity index (χ2n) is 6.12. The van der Waals surface area contributed by atoms with Gasteiger partial charge in [-0.05, 0) is 42.9 Å². The van der Waals surface area contributed by atoms with Crippen molar-refractivity contribution < 1.29 is 0 Å². The van der Waals surface area contributed by atoms with Crippen LogP contribution >= 0.6 is 0 Å². The first-order valence-electron chi connectivity index (χ1n) is 7.34. The van der Waals surface area contributed by atoms with Crippen LogP contribution in [-0.4, -0.2) is 26.2 Å². The van der Waals surface area contributed by atoms with Crippen molar-refractivity contribution in [2.24, 2.45) is 11.8 Å². The van der Waals surface area contributed by atoms with E-state index in [1.807, 2.05) is 0 Å². The van der Waals surface area contributed by atoms with Crippen molar-refractivity contribution in [1.82, 2.24) is 0 Å². The molecule has 0 aliphatic carbocycles. The predicted molar refractivity (Wildman–Crippen MR) is 78.4 cm³/mol. The summed E-state index contributed by atoms with van der Waals surface area (Å²) in [4.78, 5) is 5.04. The third-order valence-corrected chi connectivity index (χ3v) is 4.52. The van der Waals surface area contributed by atoms with Crippen molar-refractivity contribution >= 4 is 11.4 Å². The molecule has 2 fully saturated rings. The Morgan fingerprint density at radius 3 is 2.22 bits per heavy atom. The van der Waals surface area contributed by atoms with Crippen LogP contribution in [0.3, 0.4) is 0 Å². The van der Waals surface area contributed by atoms with Crippen molar-refractivity contribution in [3.8, 4) is 0 Å². The Labute approximate surface area is 111 Å². The average Bonchev–Trinajstić information content (AvgIpc) is 2.80. The van der Waals surface area contributed by atoms with Gasteiger partial charge in [0.05, 0.1) is 0 Å². The summed E-state index contributed by atoms with van der Waals surface area (Å²) in [5.74, 6) is 1.71. The molecule has 0 aromatic heterocycles. The summed E-state index contributed by atoms with van der Waals surface area (Å²) < 4.78 is 0. The second-order valence-corrected chi connectivity index (χ2v) is 6.12. The number of hydrogen-bond acceptors (Lipinski definition) is 2. The Kier molecular flexibility index (Phi) is 3.19. The molecule has 2 nitrogen and oxygen atoms in total. The molecule has 0 N–H and O–H groups in total. The molecule has 18 heavy (non-hydrogen) atoms. The van der Waals surface area contributed by atoms with E-state index in [4.69, 9.17) is 0 Å². The zero-order chi connectivity index (χ0) is 12.5. The summed E-state index contributed by atoms with van der Waals surface area (Å²) in [6.07, 6.45) is 2.70. The third kappa shape index (κ3) is 2.21. The lowest BCUT2D eigenvalue weighted by Gasteiger charge is -2.43. The first kappa shape index (κ1) is 11.9. The van der Waals surface area contributed by atoms with Crippen LogP contribution in [0.2, 0.25) is 0 Å². The van der Waals surface area contributed by atoms with Gasteiger partial charge in [0.2, 0.25) is 0 Å². The van der Waals surface area contributed by atoms with Gasteiger partial charge in [-0.15, -0.1) is 0 Å². The highest BCUT2D eigenvalue weighted by Gasteiger charge is 2.29. The van der Waals surface area contributed by atoms with Crippen molar-refractivity contribution in [3.63, 3.8) is 0 Å². The van der Waals surface area contributed by atoms with Gasteiger partial charge in [-0.3, -0.25) is 0 Å². The first-order valence-corrected chi connectivity index (χ1v) is 7.34. The lowest BCUT2D eigenvalue weighted by Crippen LogP contribution is -2.49.